The van der Waals surface area contributed by atoms with E-state index in [-0.39, 0.29) is 12.1 Å². The molecule has 0 unspecified atom stereocenters. The van der Waals surface area contributed by atoms with Crippen molar-refractivity contribution in [3.63, 3.8) is 0 Å². The summed E-state index contributed by atoms with van der Waals surface area (Å²) < 4.78 is 1.72. The summed E-state index contributed by atoms with van der Waals surface area (Å²) in [5.41, 5.74) is 7.71. The molecule has 27 heavy (non-hydrogen) atoms. The highest BCUT2D eigenvalue weighted by Crippen LogP contribution is 2.28. The number of nitrogens with two attached hydrogens (primary N) is 1. The van der Waals surface area contributed by atoms with Crippen molar-refractivity contribution in [3.05, 3.63) is 41.1 Å². The van der Waals surface area contributed by atoms with Crippen molar-refractivity contribution in [2.45, 2.75) is 19.9 Å². The number of nitrogens with zero attached hydrogens (tertiary/aromatic N) is 3. The molecule has 2 N–H and O–H groups in total. The summed E-state index contributed by atoms with van der Waals surface area (Å²) in [4.78, 5) is 50.0. The monoisotopic (exact) mass is 368 g/mol. The van der Waals surface area contributed by atoms with Crippen molar-refractivity contribution < 1.29 is 19.2 Å². The minimum absolute atomic E-state index is 0.0170. The first kappa shape index (κ1) is 18.4. The molecule has 8 heteroatoms. The van der Waals surface area contributed by atoms with Crippen molar-refractivity contribution in [2.24, 2.45) is 5.73 Å². The molecule has 1 aromatic carbocycles. The van der Waals surface area contributed by atoms with Crippen LogP contribution in [-0.4, -0.2) is 52.2 Å². The van der Waals surface area contributed by atoms with Gasteiger partial charge >= 0.3 is 6.03 Å². The van der Waals surface area contributed by atoms with Gasteiger partial charge in [-0.1, -0.05) is 25.1 Å². The lowest BCUT2D eigenvalue weighted by Gasteiger charge is -2.28. The van der Waals surface area contributed by atoms with Crippen LogP contribution in [0.2, 0.25) is 0 Å². The van der Waals surface area contributed by atoms with Crippen LogP contribution in [0.4, 0.5) is 4.79 Å². The number of barbiturate groups is 1. The van der Waals surface area contributed by atoms with Crippen LogP contribution >= 0.6 is 0 Å². The summed E-state index contributed by atoms with van der Waals surface area (Å²) in [6, 6.07) is 5.01. The van der Waals surface area contributed by atoms with Crippen LogP contribution in [0.5, 0.6) is 0 Å². The smallest absolute Gasteiger partial charge is 0.333 e. The third-order valence-corrected chi connectivity index (χ3v) is 4.66. The number of imide groups is 2. The summed E-state index contributed by atoms with van der Waals surface area (Å²) in [5, 5.41) is 0.797. The molecule has 0 atom stereocenters. The van der Waals surface area contributed by atoms with E-state index in [1.54, 1.807) is 10.8 Å². The number of carbonyl (C=O) groups excluding carboxylic acids is 4. The maximum Gasteiger partial charge on any atom is 0.333 e. The Morgan fingerprint density at radius 3 is 2.30 bits per heavy atom. The number of hydrogen-bond acceptors (Lipinski definition) is 4. The molecule has 0 radical (unpaired) electrons. The zero-order valence-electron chi connectivity index (χ0n) is 15.4. The third-order valence-electron chi connectivity index (χ3n) is 4.66. The van der Waals surface area contributed by atoms with Crippen LogP contribution in [0, 0.1) is 0 Å². The number of likely N-dealkylation sites (N-methyl/N-ethyl adjacent to an activating group) is 2. The van der Waals surface area contributed by atoms with E-state index in [9.17, 15) is 19.2 Å². The average Bonchev–Trinajstić information content (AvgIpc) is 2.99. The molecular weight excluding hydrogens is 348 g/mol. The van der Waals surface area contributed by atoms with Gasteiger partial charge in [-0.05, 0) is 18.1 Å². The number of carbonyl (C=O) groups is 4. The molecule has 1 fully saturated rings. The Morgan fingerprint density at radius 1 is 1.11 bits per heavy atom. The van der Waals surface area contributed by atoms with Crippen LogP contribution in [0.1, 0.15) is 18.1 Å². The van der Waals surface area contributed by atoms with Crippen LogP contribution in [0.3, 0.4) is 0 Å². The SMILES string of the molecule is CCc1cccc2c(C=C3C(=O)N(C)C(=O)N(C)C3=O)cn(CC(N)=O)c12. The van der Waals surface area contributed by atoms with Gasteiger partial charge < -0.3 is 10.3 Å². The first-order chi connectivity index (χ1) is 12.8. The van der Waals surface area contributed by atoms with Crippen molar-refractivity contribution >= 4 is 40.7 Å². The van der Waals surface area contributed by atoms with Crippen molar-refractivity contribution in [2.75, 3.05) is 14.1 Å². The topological polar surface area (TPSA) is 106 Å². The van der Waals surface area contributed by atoms with Gasteiger partial charge in [0.2, 0.25) is 5.91 Å². The highest BCUT2D eigenvalue weighted by Gasteiger charge is 2.38. The molecule has 8 nitrogen and oxygen atoms in total. The molecule has 0 aliphatic carbocycles. The summed E-state index contributed by atoms with van der Waals surface area (Å²) in [6.45, 7) is 1.98. The lowest BCUT2D eigenvalue weighted by atomic mass is 10.0. The molecule has 3 rings (SSSR count). The molecular formula is C19H20N4O4. The quantitative estimate of drug-likeness (QED) is 0.645. The average molecular weight is 368 g/mol. The van der Waals surface area contributed by atoms with E-state index >= 15 is 0 Å². The molecule has 1 aromatic heterocycles. The lowest BCUT2D eigenvalue weighted by molar-refractivity contribution is -0.134. The maximum atomic E-state index is 12.4. The van der Waals surface area contributed by atoms with Gasteiger partial charge in [0.25, 0.3) is 11.8 Å². The molecule has 0 spiro atoms. The Morgan fingerprint density at radius 2 is 1.74 bits per heavy atom. The summed E-state index contributed by atoms with van der Waals surface area (Å²) in [6.07, 6.45) is 3.90. The summed E-state index contributed by atoms with van der Waals surface area (Å²) in [5.74, 6) is -1.82. The van der Waals surface area contributed by atoms with E-state index in [0.29, 0.717) is 5.56 Å². The van der Waals surface area contributed by atoms with E-state index in [4.69, 9.17) is 5.73 Å². The zero-order valence-corrected chi connectivity index (χ0v) is 15.4. The number of amides is 5. The Bertz CT molecular complexity index is 992. The molecule has 1 saturated heterocycles. The number of rotatable bonds is 4. The fourth-order valence-electron chi connectivity index (χ4n) is 3.29. The van der Waals surface area contributed by atoms with Crippen LogP contribution < -0.4 is 5.73 Å². The van der Waals surface area contributed by atoms with E-state index in [0.717, 1.165) is 32.7 Å². The fourth-order valence-corrected chi connectivity index (χ4v) is 3.29. The maximum absolute atomic E-state index is 12.4. The van der Waals surface area contributed by atoms with Gasteiger partial charge in [-0.3, -0.25) is 24.2 Å². The minimum Gasteiger partial charge on any atom is -0.368 e. The van der Waals surface area contributed by atoms with Crippen molar-refractivity contribution in [1.29, 1.82) is 0 Å². The van der Waals surface area contributed by atoms with Gasteiger partial charge in [0.1, 0.15) is 12.1 Å². The number of aromatic nitrogens is 1. The molecule has 2 aromatic rings. The largest absolute Gasteiger partial charge is 0.368 e. The van der Waals surface area contributed by atoms with E-state index < -0.39 is 23.8 Å². The second-order valence-electron chi connectivity index (χ2n) is 6.41. The number of benzene rings is 1. The van der Waals surface area contributed by atoms with Crippen LogP contribution in [0.15, 0.2) is 30.0 Å². The Labute approximate surface area is 155 Å². The highest BCUT2D eigenvalue weighted by atomic mass is 16.2. The van der Waals surface area contributed by atoms with Gasteiger partial charge in [-0.25, -0.2) is 4.79 Å². The first-order valence-corrected chi connectivity index (χ1v) is 8.47. The Balaban J connectivity index is 2.21. The second-order valence-corrected chi connectivity index (χ2v) is 6.41. The van der Waals surface area contributed by atoms with Gasteiger partial charge in [0.15, 0.2) is 0 Å². The normalized spacial score (nSPS) is 15.1. The minimum atomic E-state index is -0.674. The number of aryl methyl sites for hydroxylation is 1. The van der Waals surface area contributed by atoms with Gasteiger partial charge in [-0.2, -0.15) is 0 Å². The number of hydrogen-bond donors (Lipinski definition) is 1. The lowest BCUT2D eigenvalue weighted by Crippen LogP contribution is -2.52. The Kier molecular flexibility index (Phi) is 4.57. The fraction of sp³-hybridized carbons (Fsp3) is 0.263. The second kappa shape index (κ2) is 6.71. The predicted molar refractivity (Wildman–Crippen MR) is 99.4 cm³/mol. The highest BCUT2D eigenvalue weighted by molar-refractivity contribution is 6.31. The molecule has 0 bridgehead atoms. The summed E-state index contributed by atoms with van der Waals surface area (Å²) >= 11 is 0. The molecule has 0 saturated carbocycles. The zero-order chi connectivity index (χ0) is 19.9. The Hall–Kier alpha value is -3.42. The van der Waals surface area contributed by atoms with Crippen molar-refractivity contribution in [3.8, 4) is 0 Å². The standard InChI is InChI=1S/C19H20N4O4/c1-4-11-6-5-7-13-12(9-23(16(11)13)10-15(20)24)8-14-17(25)21(2)19(27)22(3)18(14)26/h5-9H,4,10H2,1-3H3,(H2,20,24). The van der Waals surface area contributed by atoms with Crippen LogP contribution in [0.25, 0.3) is 17.0 Å². The molecule has 140 valence electrons. The third kappa shape index (κ3) is 2.99. The van der Waals surface area contributed by atoms with Crippen molar-refractivity contribution in [1.82, 2.24) is 14.4 Å². The van der Waals surface area contributed by atoms with Crippen LogP contribution in [-0.2, 0) is 27.3 Å². The predicted octanol–water partition coefficient (Wildman–Crippen LogP) is 1.12. The van der Waals surface area contributed by atoms with Gasteiger partial charge in [0, 0.05) is 31.2 Å². The van der Waals surface area contributed by atoms with E-state index in [1.807, 2.05) is 25.1 Å². The van der Waals surface area contributed by atoms with E-state index in [2.05, 4.69) is 0 Å². The summed E-state index contributed by atoms with van der Waals surface area (Å²) in [7, 11) is 2.65. The van der Waals surface area contributed by atoms with Gasteiger partial charge in [0.05, 0.1) is 5.52 Å². The molecule has 1 aliphatic rings. The first-order valence-electron chi connectivity index (χ1n) is 8.47. The van der Waals surface area contributed by atoms with Gasteiger partial charge in [-0.15, -0.1) is 0 Å². The van der Waals surface area contributed by atoms with E-state index in [1.165, 1.54) is 20.2 Å². The number of urea groups is 1. The number of primary amides is 1. The number of fused-ring (bicyclic) bond motifs is 1. The molecule has 2 heterocycles. The molecule has 5 amide bonds. The number of para-hydroxylation sites is 1. The molecule has 1 aliphatic heterocycles.